The molecule has 0 radical (unpaired) electrons. The predicted molar refractivity (Wildman–Crippen MR) is 81.0 cm³/mol. The van der Waals surface area contributed by atoms with Gasteiger partial charge in [-0.1, -0.05) is 31.2 Å². The second-order valence-corrected chi connectivity index (χ2v) is 6.00. The molecule has 0 aliphatic carbocycles. The zero-order valence-electron chi connectivity index (χ0n) is 12.7. The number of amides is 1. The first kappa shape index (κ1) is 15.5. The third kappa shape index (κ3) is 3.84. The first-order chi connectivity index (χ1) is 9.99. The van der Waals surface area contributed by atoms with Crippen LogP contribution in [0.15, 0.2) is 24.3 Å². The SMILES string of the molecule is Cc1ccccc1CCC(=O)N1CCC(C)CC1C(=O)O. The number of likely N-dealkylation sites (tertiary alicyclic amines) is 1. The Kier molecular flexibility index (Phi) is 4.99. The molecule has 0 aromatic heterocycles. The lowest BCUT2D eigenvalue weighted by Crippen LogP contribution is -2.49. The average molecular weight is 289 g/mol. The van der Waals surface area contributed by atoms with E-state index in [0.717, 1.165) is 12.0 Å². The Hall–Kier alpha value is -1.84. The van der Waals surface area contributed by atoms with Crippen LogP contribution in [-0.2, 0) is 16.0 Å². The van der Waals surface area contributed by atoms with Gasteiger partial charge in [-0.05, 0) is 43.2 Å². The van der Waals surface area contributed by atoms with Crippen LogP contribution in [0.5, 0.6) is 0 Å². The van der Waals surface area contributed by atoms with Crippen LogP contribution in [0.1, 0.15) is 37.3 Å². The third-order valence-corrected chi connectivity index (χ3v) is 4.34. The number of rotatable bonds is 4. The van der Waals surface area contributed by atoms with Crippen LogP contribution in [0.4, 0.5) is 0 Å². The minimum Gasteiger partial charge on any atom is -0.480 e. The summed E-state index contributed by atoms with van der Waals surface area (Å²) in [4.78, 5) is 25.3. The lowest BCUT2D eigenvalue weighted by Gasteiger charge is -2.36. The van der Waals surface area contributed by atoms with E-state index in [2.05, 4.69) is 0 Å². The molecule has 1 fully saturated rings. The molecule has 0 bridgehead atoms. The Labute approximate surface area is 125 Å². The van der Waals surface area contributed by atoms with Gasteiger partial charge in [-0.25, -0.2) is 4.79 Å². The molecule has 1 amide bonds. The van der Waals surface area contributed by atoms with E-state index in [9.17, 15) is 14.7 Å². The number of carboxylic acid groups (broad SMARTS) is 1. The number of piperidine rings is 1. The molecule has 1 N–H and O–H groups in total. The molecule has 2 rings (SSSR count). The summed E-state index contributed by atoms with van der Waals surface area (Å²) >= 11 is 0. The molecule has 1 aliphatic heterocycles. The molecule has 1 aliphatic rings. The highest BCUT2D eigenvalue weighted by molar-refractivity contribution is 5.84. The van der Waals surface area contributed by atoms with Gasteiger partial charge in [-0.2, -0.15) is 0 Å². The minimum absolute atomic E-state index is 0.0439. The van der Waals surface area contributed by atoms with Gasteiger partial charge in [-0.15, -0.1) is 0 Å². The van der Waals surface area contributed by atoms with E-state index in [1.54, 1.807) is 4.90 Å². The standard InChI is InChI=1S/C17H23NO3/c1-12-9-10-18(15(11-12)17(20)21)16(19)8-7-14-6-4-3-5-13(14)2/h3-6,12,15H,7-11H2,1-2H3,(H,20,21). The number of carbonyl (C=O) groups is 2. The van der Waals surface area contributed by atoms with Gasteiger partial charge in [0.1, 0.15) is 6.04 Å². The van der Waals surface area contributed by atoms with Gasteiger partial charge in [0.25, 0.3) is 0 Å². The number of aliphatic carboxylic acids is 1. The molecular formula is C17H23NO3. The van der Waals surface area contributed by atoms with Crippen molar-refractivity contribution in [3.05, 3.63) is 35.4 Å². The number of hydrogen-bond donors (Lipinski definition) is 1. The summed E-state index contributed by atoms with van der Waals surface area (Å²) in [5.41, 5.74) is 2.33. The number of carboxylic acids is 1. The first-order valence-corrected chi connectivity index (χ1v) is 7.56. The first-order valence-electron chi connectivity index (χ1n) is 7.56. The van der Waals surface area contributed by atoms with Crippen molar-refractivity contribution in [3.8, 4) is 0 Å². The molecule has 1 saturated heterocycles. The molecule has 114 valence electrons. The number of carbonyl (C=O) groups excluding carboxylic acids is 1. The monoisotopic (exact) mass is 289 g/mol. The topological polar surface area (TPSA) is 57.6 Å². The second kappa shape index (κ2) is 6.74. The predicted octanol–water partition coefficient (Wildman–Crippen LogP) is 2.64. The molecular weight excluding hydrogens is 266 g/mol. The van der Waals surface area contributed by atoms with Crippen molar-refractivity contribution in [2.75, 3.05) is 6.54 Å². The van der Waals surface area contributed by atoms with Crippen molar-refractivity contribution in [1.29, 1.82) is 0 Å². The fraction of sp³-hybridized carbons (Fsp3) is 0.529. The van der Waals surface area contributed by atoms with E-state index in [0.29, 0.717) is 31.7 Å². The lowest BCUT2D eigenvalue weighted by atomic mass is 9.92. The Morgan fingerprint density at radius 2 is 2.05 bits per heavy atom. The Bertz CT molecular complexity index is 527. The molecule has 2 unspecified atom stereocenters. The van der Waals surface area contributed by atoms with E-state index in [1.165, 1.54) is 5.56 Å². The van der Waals surface area contributed by atoms with Crippen LogP contribution >= 0.6 is 0 Å². The Balaban J connectivity index is 1.99. The number of aryl methyl sites for hydroxylation is 2. The largest absolute Gasteiger partial charge is 0.480 e. The smallest absolute Gasteiger partial charge is 0.326 e. The summed E-state index contributed by atoms with van der Waals surface area (Å²) in [5, 5.41) is 9.31. The van der Waals surface area contributed by atoms with Gasteiger partial charge < -0.3 is 10.0 Å². The third-order valence-electron chi connectivity index (χ3n) is 4.34. The normalized spacial score (nSPS) is 22.1. The van der Waals surface area contributed by atoms with E-state index in [1.807, 2.05) is 38.1 Å². The van der Waals surface area contributed by atoms with Crippen LogP contribution in [0.25, 0.3) is 0 Å². The molecule has 0 saturated carbocycles. The van der Waals surface area contributed by atoms with E-state index >= 15 is 0 Å². The van der Waals surface area contributed by atoms with Crippen LogP contribution in [0, 0.1) is 12.8 Å². The summed E-state index contributed by atoms with van der Waals surface area (Å²) in [6.07, 6.45) is 2.50. The zero-order chi connectivity index (χ0) is 15.4. The highest BCUT2D eigenvalue weighted by atomic mass is 16.4. The van der Waals surface area contributed by atoms with Gasteiger partial charge in [0.15, 0.2) is 0 Å². The summed E-state index contributed by atoms with van der Waals surface area (Å²) in [6.45, 7) is 4.64. The minimum atomic E-state index is -0.884. The van der Waals surface area contributed by atoms with E-state index in [-0.39, 0.29) is 5.91 Å². The average Bonchev–Trinajstić information content (AvgIpc) is 2.46. The highest BCUT2D eigenvalue weighted by Crippen LogP contribution is 2.24. The second-order valence-electron chi connectivity index (χ2n) is 6.00. The maximum absolute atomic E-state index is 12.4. The summed E-state index contributed by atoms with van der Waals surface area (Å²) < 4.78 is 0. The molecule has 2 atom stereocenters. The molecule has 4 nitrogen and oxygen atoms in total. The number of benzene rings is 1. The van der Waals surface area contributed by atoms with Crippen LogP contribution in [0.2, 0.25) is 0 Å². The Morgan fingerprint density at radius 3 is 2.71 bits per heavy atom. The van der Waals surface area contributed by atoms with E-state index in [4.69, 9.17) is 0 Å². The van der Waals surface area contributed by atoms with Crippen LogP contribution in [0.3, 0.4) is 0 Å². The fourth-order valence-corrected chi connectivity index (χ4v) is 2.95. The maximum atomic E-state index is 12.4. The summed E-state index contributed by atoms with van der Waals surface area (Å²) in [5.74, 6) is -0.560. The molecule has 1 heterocycles. The van der Waals surface area contributed by atoms with Crippen LogP contribution in [-0.4, -0.2) is 34.5 Å². The highest BCUT2D eigenvalue weighted by Gasteiger charge is 2.34. The summed E-state index contributed by atoms with van der Waals surface area (Å²) in [7, 11) is 0. The van der Waals surface area contributed by atoms with Crippen molar-refractivity contribution in [2.24, 2.45) is 5.92 Å². The van der Waals surface area contributed by atoms with Crippen molar-refractivity contribution < 1.29 is 14.7 Å². The van der Waals surface area contributed by atoms with Crippen molar-refractivity contribution in [3.63, 3.8) is 0 Å². The van der Waals surface area contributed by atoms with E-state index < -0.39 is 12.0 Å². The van der Waals surface area contributed by atoms with Gasteiger partial charge in [0.05, 0.1) is 0 Å². The van der Waals surface area contributed by atoms with Gasteiger partial charge in [0, 0.05) is 13.0 Å². The van der Waals surface area contributed by atoms with Gasteiger partial charge in [-0.3, -0.25) is 4.79 Å². The molecule has 0 spiro atoms. The lowest BCUT2D eigenvalue weighted by molar-refractivity contribution is -0.153. The van der Waals surface area contributed by atoms with Gasteiger partial charge in [0.2, 0.25) is 5.91 Å². The molecule has 1 aromatic rings. The fourth-order valence-electron chi connectivity index (χ4n) is 2.95. The zero-order valence-corrected chi connectivity index (χ0v) is 12.7. The van der Waals surface area contributed by atoms with Crippen molar-refractivity contribution >= 4 is 11.9 Å². The molecule has 1 aromatic carbocycles. The van der Waals surface area contributed by atoms with Crippen molar-refractivity contribution in [1.82, 2.24) is 4.90 Å². The maximum Gasteiger partial charge on any atom is 0.326 e. The Morgan fingerprint density at radius 1 is 1.33 bits per heavy atom. The quantitative estimate of drug-likeness (QED) is 0.927. The number of nitrogens with zero attached hydrogens (tertiary/aromatic N) is 1. The molecule has 4 heteroatoms. The number of hydrogen-bond acceptors (Lipinski definition) is 2. The summed E-state index contributed by atoms with van der Waals surface area (Å²) in [6, 6.07) is 7.35. The molecule has 21 heavy (non-hydrogen) atoms. The van der Waals surface area contributed by atoms with Crippen LogP contribution < -0.4 is 0 Å². The van der Waals surface area contributed by atoms with Gasteiger partial charge >= 0.3 is 5.97 Å². The van der Waals surface area contributed by atoms with Crippen molar-refractivity contribution in [2.45, 2.75) is 45.6 Å².